The molecule has 1 aromatic carbocycles. The van der Waals surface area contributed by atoms with Gasteiger partial charge in [-0.3, -0.25) is 14.8 Å². The molecule has 0 saturated heterocycles. The van der Waals surface area contributed by atoms with E-state index >= 15 is 0 Å². The van der Waals surface area contributed by atoms with Crippen LogP contribution in [0.25, 0.3) is 0 Å². The smallest absolute Gasteiger partial charge is 0.257 e. The van der Waals surface area contributed by atoms with Crippen LogP contribution in [0.1, 0.15) is 28.9 Å². The van der Waals surface area contributed by atoms with Crippen molar-refractivity contribution in [2.24, 2.45) is 0 Å². The zero-order chi connectivity index (χ0) is 18.5. The number of carbonyl (C=O) groups excluding carboxylic acids is 1. The number of nitrogens with one attached hydrogen (secondary N) is 2. The van der Waals surface area contributed by atoms with E-state index in [1.807, 2.05) is 31.2 Å². The SMILES string of the molecule is CC(Nc1cncc(Cl)n1)c1cccc(NC(=O)c2cncc(N)c2)c1. The van der Waals surface area contributed by atoms with Gasteiger partial charge in [0.15, 0.2) is 0 Å². The molecule has 1 atom stereocenters. The van der Waals surface area contributed by atoms with E-state index in [9.17, 15) is 4.79 Å². The molecule has 0 aliphatic carbocycles. The van der Waals surface area contributed by atoms with E-state index in [-0.39, 0.29) is 11.9 Å². The molecule has 2 aromatic heterocycles. The van der Waals surface area contributed by atoms with Crippen LogP contribution < -0.4 is 16.4 Å². The zero-order valence-electron chi connectivity index (χ0n) is 14.0. The van der Waals surface area contributed by atoms with E-state index < -0.39 is 0 Å². The normalized spacial score (nSPS) is 11.6. The lowest BCUT2D eigenvalue weighted by Crippen LogP contribution is -2.13. The van der Waals surface area contributed by atoms with Crippen molar-refractivity contribution in [1.82, 2.24) is 15.0 Å². The summed E-state index contributed by atoms with van der Waals surface area (Å²) in [7, 11) is 0. The number of nitrogen functional groups attached to an aromatic ring is 1. The van der Waals surface area contributed by atoms with Crippen molar-refractivity contribution in [3.05, 3.63) is 71.4 Å². The van der Waals surface area contributed by atoms with Gasteiger partial charge in [-0.05, 0) is 30.7 Å². The Morgan fingerprint density at radius 2 is 1.96 bits per heavy atom. The first-order chi connectivity index (χ1) is 12.5. The largest absolute Gasteiger partial charge is 0.397 e. The van der Waals surface area contributed by atoms with Crippen LogP contribution in [0.4, 0.5) is 17.2 Å². The number of anilines is 3. The summed E-state index contributed by atoms with van der Waals surface area (Å²) >= 11 is 5.85. The molecule has 2 heterocycles. The van der Waals surface area contributed by atoms with E-state index in [0.29, 0.717) is 27.9 Å². The number of pyridine rings is 1. The van der Waals surface area contributed by atoms with Crippen LogP contribution in [0.5, 0.6) is 0 Å². The first-order valence-corrected chi connectivity index (χ1v) is 8.25. The van der Waals surface area contributed by atoms with Gasteiger partial charge < -0.3 is 16.4 Å². The molecule has 0 radical (unpaired) electrons. The third-order valence-corrected chi connectivity index (χ3v) is 3.82. The number of hydrogen-bond acceptors (Lipinski definition) is 6. The summed E-state index contributed by atoms with van der Waals surface area (Å²) in [5.41, 5.74) is 8.14. The molecular weight excluding hydrogens is 352 g/mol. The minimum Gasteiger partial charge on any atom is -0.397 e. The van der Waals surface area contributed by atoms with Crippen molar-refractivity contribution in [2.45, 2.75) is 13.0 Å². The second-order valence-electron chi connectivity index (χ2n) is 5.68. The fourth-order valence-electron chi connectivity index (χ4n) is 2.39. The Hall–Kier alpha value is -3.19. The lowest BCUT2D eigenvalue weighted by Gasteiger charge is -2.16. The van der Waals surface area contributed by atoms with E-state index in [1.165, 1.54) is 18.6 Å². The van der Waals surface area contributed by atoms with Crippen LogP contribution in [0, 0.1) is 0 Å². The van der Waals surface area contributed by atoms with Gasteiger partial charge in [0.25, 0.3) is 5.91 Å². The lowest BCUT2D eigenvalue weighted by atomic mass is 10.1. The van der Waals surface area contributed by atoms with Crippen LogP contribution in [0.2, 0.25) is 5.15 Å². The number of nitrogens with zero attached hydrogens (tertiary/aromatic N) is 3. The first kappa shape index (κ1) is 17.6. The first-order valence-electron chi connectivity index (χ1n) is 7.87. The van der Waals surface area contributed by atoms with E-state index in [1.54, 1.807) is 12.3 Å². The number of nitrogens with two attached hydrogens (primary N) is 1. The number of rotatable bonds is 5. The maximum atomic E-state index is 12.3. The quantitative estimate of drug-likeness (QED) is 0.636. The third kappa shape index (κ3) is 4.46. The summed E-state index contributed by atoms with van der Waals surface area (Å²) in [6, 6.07) is 9.03. The van der Waals surface area contributed by atoms with Crippen LogP contribution >= 0.6 is 11.6 Å². The van der Waals surface area contributed by atoms with Crippen LogP contribution in [-0.2, 0) is 0 Å². The molecule has 0 saturated carbocycles. The van der Waals surface area contributed by atoms with Gasteiger partial charge in [0.2, 0.25) is 0 Å². The van der Waals surface area contributed by atoms with Gasteiger partial charge in [0.05, 0.1) is 29.7 Å². The fraction of sp³-hybridized carbons (Fsp3) is 0.111. The van der Waals surface area contributed by atoms with Crippen LogP contribution in [-0.4, -0.2) is 20.9 Å². The summed E-state index contributed by atoms with van der Waals surface area (Å²) in [6.45, 7) is 1.98. The van der Waals surface area contributed by atoms with Gasteiger partial charge >= 0.3 is 0 Å². The molecule has 3 aromatic rings. The van der Waals surface area contributed by atoms with Crippen LogP contribution in [0.3, 0.4) is 0 Å². The molecule has 1 amide bonds. The van der Waals surface area contributed by atoms with Gasteiger partial charge in [-0.1, -0.05) is 23.7 Å². The predicted molar refractivity (Wildman–Crippen MR) is 102 cm³/mol. The number of carbonyl (C=O) groups is 1. The van der Waals surface area contributed by atoms with Gasteiger partial charge in [-0.2, -0.15) is 0 Å². The minimum atomic E-state index is -0.275. The lowest BCUT2D eigenvalue weighted by molar-refractivity contribution is 0.102. The molecule has 0 aliphatic rings. The van der Waals surface area contributed by atoms with E-state index in [2.05, 4.69) is 25.6 Å². The maximum Gasteiger partial charge on any atom is 0.257 e. The number of hydrogen-bond donors (Lipinski definition) is 3. The molecule has 3 rings (SSSR count). The summed E-state index contributed by atoms with van der Waals surface area (Å²) in [5.74, 6) is 0.300. The number of amides is 1. The highest BCUT2D eigenvalue weighted by molar-refractivity contribution is 6.29. The third-order valence-electron chi connectivity index (χ3n) is 3.64. The minimum absolute atomic E-state index is 0.0614. The molecule has 1 unspecified atom stereocenters. The Morgan fingerprint density at radius 3 is 2.73 bits per heavy atom. The Balaban J connectivity index is 1.72. The molecule has 132 valence electrons. The van der Waals surface area contributed by atoms with Crippen molar-refractivity contribution in [3.8, 4) is 0 Å². The highest BCUT2D eigenvalue weighted by atomic mass is 35.5. The average molecular weight is 369 g/mol. The number of aromatic nitrogens is 3. The van der Waals surface area contributed by atoms with Gasteiger partial charge in [-0.25, -0.2) is 4.98 Å². The monoisotopic (exact) mass is 368 g/mol. The van der Waals surface area contributed by atoms with E-state index in [4.69, 9.17) is 17.3 Å². The Bertz CT molecular complexity index is 933. The van der Waals surface area contributed by atoms with Crippen molar-refractivity contribution in [2.75, 3.05) is 16.4 Å². The van der Waals surface area contributed by atoms with Gasteiger partial charge in [-0.15, -0.1) is 0 Å². The molecule has 0 spiro atoms. The molecule has 0 fully saturated rings. The highest BCUT2D eigenvalue weighted by Crippen LogP contribution is 2.21. The Morgan fingerprint density at radius 1 is 1.15 bits per heavy atom. The van der Waals surface area contributed by atoms with Gasteiger partial charge in [0, 0.05) is 18.1 Å². The molecule has 4 N–H and O–H groups in total. The summed E-state index contributed by atoms with van der Waals surface area (Å²) < 4.78 is 0. The van der Waals surface area contributed by atoms with Gasteiger partial charge in [0.1, 0.15) is 11.0 Å². The molecule has 8 heteroatoms. The highest BCUT2D eigenvalue weighted by Gasteiger charge is 2.10. The number of halogens is 1. The zero-order valence-corrected chi connectivity index (χ0v) is 14.7. The molecular formula is C18H17ClN6O. The second kappa shape index (κ2) is 7.79. The summed E-state index contributed by atoms with van der Waals surface area (Å²) in [4.78, 5) is 24.4. The summed E-state index contributed by atoms with van der Waals surface area (Å²) in [5, 5.41) is 6.38. The molecule has 0 aliphatic heterocycles. The van der Waals surface area contributed by atoms with Crippen molar-refractivity contribution in [1.29, 1.82) is 0 Å². The Kier molecular flexibility index (Phi) is 5.28. The second-order valence-corrected chi connectivity index (χ2v) is 6.07. The average Bonchev–Trinajstić information content (AvgIpc) is 2.62. The Labute approximate surface area is 155 Å². The maximum absolute atomic E-state index is 12.3. The molecule has 0 bridgehead atoms. The van der Waals surface area contributed by atoms with E-state index in [0.717, 1.165) is 5.56 Å². The predicted octanol–water partition coefficient (Wildman–Crippen LogP) is 3.53. The fourth-order valence-corrected chi connectivity index (χ4v) is 2.54. The van der Waals surface area contributed by atoms with Crippen molar-refractivity contribution >= 4 is 34.7 Å². The van der Waals surface area contributed by atoms with Crippen molar-refractivity contribution in [3.63, 3.8) is 0 Å². The standard InChI is InChI=1S/C18H17ClN6O/c1-11(23-17-10-22-9-16(19)25-17)12-3-2-4-15(6-12)24-18(26)13-5-14(20)8-21-7-13/h2-11H,20H2,1H3,(H,23,25)(H,24,26). The summed E-state index contributed by atoms with van der Waals surface area (Å²) in [6.07, 6.45) is 6.03. The van der Waals surface area contributed by atoms with Crippen molar-refractivity contribution < 1.29 is 4.79 Å². The number of benzene rings is 1. The topological polar surface area (TPSA) is 106 Å². The van der Waals surface area contributed by atoms with Crippen LogP contribution in [0.15, 0.2) is 55.1 Å². The molecule has 26 heavy (non-hydrogen) atoms. The molecule has 7 nitrogen and oxygen atoms in total.